The van der Waals surface area contributed by atoms with Crippen LogP contribution in [0.1, 0.15) is 75.2 Å². The summed E-state index contributed by atoms with van der Waals surface area (Å²) in [6.45, 7) is 32.6. The molecule has 0 spiro atoms. The van der Waals surface area contributed by atoms with Crippen molar-refractivity contribution >= 4 is 36.7 Å². The predicted octanol–water partition coefficient (Wildman–Crippen LogP) is 6.40. The SMILES string of the molecule is CC(C)(C)[Si](C)(C)NC(=O)CCC(N[Si](C)(C)C(C)(C)C)C(=O)O[Si](C)(C)C(C)(C)C. The molecular formula is C23H52N2O3Si3. The Morgan fingerprint density at radius 3 is 1.52 bits per heavy atom. The highest BCUT2D eigenvalue weighted by Crippen LogP contribution is 2.38. The second-order valence-corrected chi connectivity index (χ2v) is 28.5. The molecule has 1 unspecified atom stereocenters. The maximum atomic E-state index is 13.3. The van der Waals surface area contributed by atoms with Crippen molar-refractivity contribution in [1.82, 2.24) is 9.96 Å². The van der Waals surface area contributed by atoms with Crippen molar-refractivity contribution in [3.63, 3.8) is 0 Å². The number of hydrogen-bond acceptors (Lipinski definition) is 4. The fourth-order valence-corrected chi connectivity index (χ4v) is 5.97. The van der Waals surface area contributed by atoms with Crippen LogP contribution in [0.2, 0.25) is 54.4 Å². The third-order valence-electron chi connectivity index (χ3n) is 7.84. The van der Waals surface area contributed by atoms with E-state index < -0.39 is 30.8 Å². The van der Waals surface area contributed by atoms with Crippen molar-refractivity contribution < 1.29 is 14.0 Å². The first-order valence-corrected chi connectivity index (χ1v) is 20.6. The van der Waals surface area contributed by atoms with Crippen molar-refractivity contribution in [2.24, 2.45) is 0 Å². The molecule has 1 amide bonds. The summed E-state index contributed by atoms with van der Waals surface area (Å²) in [4.78, 5) is 33.1. The molecule has 5 nitrogen and oxygen atoms in total. The van der Waals surface area contributed by atoms with Gasteiger partial charge in [-0.05, 0) is 34.6 Å². The molecule has 0 aliphatic rings. The fourth-order valence-electron chi connectivity index (χ4n) is 2.25. The van der Waals surface area contributed by atoms with E-state index in [4.69, 9.17) is 4.43 Å². The summed E-state index contributed by atoms with van der Waals surface area (Å²) in [5.41, 5.74) is 0. The van der Waals surface area contributed by atoms with Crippen LogP contribution in [0.4, 0.5) is 0 Å². The van der Waals surface area contributed by atoms with Gasteiger partial charge in [0.2, 0.25) is 5.91 Å². The van der Waals surface area contributed by atoms with Crippen LogP contribution in [0.15, 0.2) is 0 Å². The van der Waals surface area contributed by atoms with Crippen LogP contribution in [0.3, 0.4) is 0 Å². The van der Waals surface area contributed by atoms with Crippen LogP contribution in [0.5, 0.6) is 0 Å². The van der Waals surface area contributed by atoms with Crippen LogP contribution in [-0.4, -0.2) is 42.7 Å². The second-order valence-electron chi connectivity index (χ2n) is 13.7. The summed E-state index contributed by atoms with van der Waals surface area (Å²) in [6, 6.07) is -0.458. The number of hydrogen-bond donors (Lipinski definition) is 2. The summed E-state index contributed by atoms with van der Waals surface area (Å²) < 4.78 is 6.15. The summed E-state index contributed by atoms with van der Waals surface area (Å²) in [6.07, 6.45) is 0.784. The van der Waals surface area contributed by atoms with Gasteiger partial charge in [0, 0.05) is 6.42 Å². The zero-order valence-corrected chi connectivity index (χ0v) is 26.2. The van der Waals surface area contributed by atoms with E-state index in [0.29, 0.717) is 12.8 Å². The summed E-state index contributed by atoms with van der Waals surface area (Å²) in [5, 5.41) is 0.0957. The molecule has 8 heteroatoms. The molecule has 31 heavy (non-hydrogen) atoms. The Balaban J connectivity index is 5.57. The minimum atomic E-state index is -2.24. The lowest BCUT2D eigenvalue weighted by atomic mass is 10.2. The van der Waals surface area contributed by atoms with Gasteiger partial charge < -0.3 is 14.4 Å². The van der Waals surface area contributed by atoms with E-state index in [0.717, 1.165) is 0 Å². The van der Waals surface area contributed by atoms with E-state index in [1.807, 2.05) is 0 Å². The summed E-state index contributed by atoms with van der Waals surface area (Å²) in [5.74, 6) is -0.162. The molecular weight excluding hydrogens is 437 g/mol. The maximum Gasteiger partial charge on any atom is 0.309 e. The molecule has 2 N–H and O–H groups in total. The lowest BCUT2D eigenvalue weighted by Crippen LogP contribution is -2.60. The van der Waals surface area contributed by atoms with Gasteiger partial charge in [-0.2, -0.15) is 0 Å². The highest BCUT2D eigenvalue weighted by Gasteiger charge is 2.44. The average molecular weight is 489 g/mol. The molecule has 1 atom stereocenters. The van der Waals surface area contributed by atoms with Crippen LogP contribution in [0, 0.1) is 0 Å². The van der Waals surface area contributed by atoms with Crippen molar-refractivity contribution in [2.45, 2.75) is 136 Å². The van der Waals surface area contributed by atoms with Crippen molar-refractivity contribution in [3.05, 3.63) is 0 Å². The van der Waals surface area contributed by atoms with Gasteiger partial charge in [-0.1, -0.05) is 88.5 Å². The highest BCUT2D eigenvalue weighted by molar-refractivity contribution is 6.80. The molecule has 0 aromatic carbocycles. The minimum Gasteiger partial charge on any atom is -0.518 e. The lowest BCUT2D eigenvalue weighted by molar-refractivity contribution is -0.137. The lowest BCUT2D eigenvalue weighted by Gasteiger charge is -2.42. The highest BCUT2D eigenvalue weighted by atomic mass is 28.4. The topological polar surface area (TPSA) is 67.4 Å². The first-order chi connectivity index (χ1) is 13.3. The summed E-state index contributed by atoms with van der Waals surface area (Å²) >= 11 is 0. The predicted molar refractivity (Wildman–Crippen MR) is 142 cm³/mol. The molecule has 0 radical (unpaired) electrons. The van der Waals surface area contributed by atoms with Gasteiger partial charge in [-0.15, -0.1) is 0 Å². The number of amides is 1. The number of carbonyl (C=O) groups excluding carboxylic acids is 2. The molecule has 0 aromatic rings. The number of rotatable bonds is 8. The molecule has 0 saturated heterocycles. The van der Waals surface area contributed by atoms with Gasteiger partial charge >= 0.3 is 5.97 Å². The largest absolute Gasteiger partial charge is 0.518 e. The van der Waals surface area contributed by atoms with Crippen molar-refractivity contribution in [2.75, 3.05) is 0 Å². The Morgan fingerprint density at radius 1 is 0.742 bits per heavy atom. The third kappa shape index (κ3) is 8.78. The Kier molecular flexibility index (Phi) is 9.67. The van der Waals surface area contributed by atoms with Crippen LogP contribution < -0.4 is 9.96 Å². The first kappa shape index (κ1) is 30.6. The molecule has 0 aliphatic carbocycles. The van der Waals surface area contributed by atoms with E-state index in [1.165, 1.54) is 0 Å². The molecule has 0 aromatic heterocycles. The Labute approximate surface area is 196 Å². The van der Waals surface area contributed by atoms with Gasteiger partial charge in [0.25, 0.3) is 8.32 Å². The van der Waals surface area contributed by atoms with Crippen LogP contribution in [0.25, 0.3) is 0 Å². The second kappa shape index (κ2) is 9.81. The standard InChI is InChI=1S/C23H52N2O3Si3/c1-21(2,3)29(10,11)24-18(20(27)28-31(14,15)23(7,8)9)16-17-19(26)25-30(12,13)22(4,5)6/h18,24H,16-17H2,1-15H3,(H,25,26). The van der Waals surface area contributed by atoms with E-state index in [2.05, 4.69) is 112 Å². The molecule has 0 aliphatic heterocycles. The third-order valence-corrected chi connectivity index (χ3v) is 21.6. The quantitative estimate of drug-likeness (QED) is 0.388. The van der Waals surface area contributed by atoms with Gasteiger partial charge in [0.1, 0.15) is 8.24 Å². The smallest absolute Gasteiger partial charge is 0.309 e. The molecule has 0 rings (SSSR count). The Morgan fingerprint density at radius 2 is 1.16 bits per heavy atom. The van der Waals surface area contributed by atoms with E-state index in [-0.39, 0.29) is 27.0 Å². The molecule has 0 fully saturated rings. The average Bonchev–Trinajstić information content (AvgIpc) is 2.46. The van der Waals surface area contributed by atoms with Crippen molar-refractivity contribution in [3.8, 4) is 0 Å². The van der Waals surface area contributed by atoms with Crippen LogP contribution >= 0.6 is 0 Å². The van der Waals surface area contributed by atoms with Gasteiger partial charge in [-0.25, -0.2) is 0 Å². The Bertz CT molecular complexity index is 640. The zero-order chi connectivity index (χ0) is 25.3. The molecule has 0 heterocycles. The zero-order valence-electron chi connectivity index (χ0n) is 23.2. The number of carbonyl (C=O) groups is 2. The number of nitrogens with one attached hydrogen (secondary N) is 2. The maximum absolute atomic E-state index is 13.3. The van der Waals surface area contributed by atoms with E-state index in [1.54, 1.807) is 0 Å². The van der Waals surface area contributed by atoms with Crippen molar-refractivity contribution in [1.29, 1.82) is 0 Å². The minimum absolute atomic E-state index is 0.0359. The molecule has 184 valence electrons. The molecule has 0 bridgehead atoms. The van der Waals surface area contributed by atoms with Gasteiger partial charge in [0.15, 0.2) is 8.24 Å². The normalized spacial score (nSPS) is 15.5. The monoisotopic (exact) mass is 488 g/mol. The van der Waals surface area contributed by atoms with Gasteiger partial charge in [-0.3, -0.25) is 9.59 Å². The Hall–Kier alpha value is -0.449. The fraction of sp³-hybridized carbons (Fsp3) is 0.913. The van der Waals surface area contributed by atoms with E-state index in [9.17, 15) is 9.59 Å². The van der Waals surface area contributed by atoms with Gasteiger partial charge in [0.05, 0.1) is 6.04 Å². The van der Waals surface area contributed by atoms with Crippen LogP contribution in [-0.2, 0) is 14.0 Å². The van der Waals surface area contributed by atoms with E-state index >= 15 is 0 Å². The summed E-state index contributed by atoms with van der Waals surface area (Å²) in [7, 11) is -6.13. The first-order valence-electron chi connectivity index (χ1n) is 11.7. The molecule has 0 saturated carbocycles.